The van der Waals surface area contributed by atoms with E-state index >= 15 is 0 Å². The normalized spacial score (nSPS) is 24.9. The van der Waals surface area contributed by atoms with E-state index in [1.165, 1.54) is 7.11 Å². The molecule has 24 heavy (non-hydrogen) atoms. The Balaban J connectivity index is 0.000000640. The molecule has 0 bridgehead atoms. The number of esters is 1. The molecule has 6 heteroatoms. The van der Waals surface area contributed by atoms with Gasteiger partial charge in [-0.05, 0) is 50.5 Å². The Morgan fingerprint density at radius 2 is 1.88 bits per heavy atom. The molecule has 1 aliphatic rings. The van der Waals surface area contributed by atoms with Gasteiger partial charge in [0, 0.05) is 11.6 Å². The van der Waals surface area contributed by atoms with Gasteiger partial charge in [-0.3, -0.25) is 0 Å². The first-order chi connectivity index (χ1) is 11.0. The Labute approximate surface area is 146 Å². The lowest BCUT2D eigenvalue weighted by Gasteiger charge is -2.46. The van der Waals surface area contributed by atoms with E-state index in [1.54, 1.807) is 6.92 Å². The number of carbonyl (C=O) groups is 2. The van der Waals surface area contributed by atoms with Crippen LogP contribution in [0.25, 0.3) is 0 Å². The van der Waals surface area contributed by atoms with Crippen molar-refractivity contribution in [2.24, 2.45) is 16.6 Å². The van der Waals surface area contributed by atoms with Gasteiger partial charge in [-0.1, -0.05) is 27.4 Å². The fourth-order valence-electron chi connectivity index (χ4n) is 3.40. The van der Waals surface area contributed by atoms with Gasteiger partial charge in [0.1, 0.15) is 0 Å². The molecule has 1 rings (SSSR count). The van der Waals surface area contributed by atoms with E-state index in [1.807, 2.05) is 6.92 Å². The lowest BCUT2D eigenvalue weighted by molar-refractivity contribution is -0.136. The second kappa shape index (κ2) is 9.67. The predicted molar refractivity (Wildman–Crippen MR) is 95.6 cm³/mol. The highest BCUT2D eigenvalue weighted by atomic mass is 16.5. The van der Waals surface area contributed by atoms with E-state index in [9.17, 15) is 9.59 Å². The maximum Gasteiger partial charge on any atom is 0.407 e. The van der Waals surface area contributed by atoms with Crippen molar-refractivity contribution in [2.45, 2.75) is 59.9 Å². The topological polar surface area (TPSA) is 90.6 Å². The molecule has 1 saturated carbocycles. The molecular weight excluding hydrogens is 308 g/mol. The van der Waals surface area contributed by atoms with Gasteiger partial charge in [0.2, 0.25) is 0 Å². The Hall–Kier alpha value is -1.56. The highest BCUT2D eigenvalue weighted by Crippen LogP contribution is 2.45. The molecule has 0 heterocycles. The second-order valence-electron chi connectivity index (χ2n) is 7.60. The molecule has 0 saturated heterocycles. The van der Waals surface area contributed by atoms with Crippen molar-refractivity contribution in [1.82, 2.24) is 5.32 Å². The van der Waals surface area contributed by atoms with E-state index in [-0.39, 0.29) is 28.9 Å². The van der Waals surface area contributed by atoms with Gasteiger partial charge in [-0.15, -0.1) is 0 Å². The van der Waals surface area contributed by atoms with Crippen molar-refractivity contribution in [3.63, 3.8) is 0 Å². The van der Waals surface area contributed by atoms with Gasteiger partial charge in [-0.25, -0.2) is 9.59 Å². The Morgan fingerprint density at radius 1 is 1.29 bits per heavy atom. The van der Waals surface area contributed by atoms with Gasteiger partial charge in [-0.2, -0.15) is 0 Å². The molecular formula is C18H34N2O4. The van der Waals surface area contributed by atoms with E-state index in [0.29, 0.717) is 18.7 Å². The fraction of sp³-hybridized carbons (Fsp3) is 0.778. The number of carbonyl (C=O) groups excluding carboxylic acids is 2. The van der Waals surface area contributed by atoms with Crippen molar-refractivity contribution in [3.8, 4) is 0 Å². The van der Waals surface area contributed by atoms with Crippen LogP contribution >= 0.6 is 0 Å². The van der Waals surface area contributed by atoms with Crippen molar-refractivity contribution < 1.29 is 19.1 Å². The van der Waals surface area contributed by atoms with Gasteiger partial charge in [0.25, 0.3) is 0 Å². The summed E-state index contributed by atoms with van der Waals surface area (Å²) < 4.78 is 9.21. The number of hydrogen-bond donors (Lipinski definition) is 2. The third-order valence-corrected chi connectivity index (χ3v) is 4.07. The van der Waals surface area contributed by atoms with Crippen LogP contribution in [0.3, 0.4) is 0 Å². The first-order valence-electron chi connectivity index (χ1n) is 8.36. The molecule has 1 amide bonds. The van der Waals surface area contributed by atoms with Crippen LogP contribution in [-0.2, 0) is 14.3 Å². The van der Waals surface area contributed by atoms with Gasteiger partial charge in [0.15, 0.2) is 0 Å². The highest BCUT2D eigenvalue weighted by molar-refractivity contribution is 5.86. The van der Waals surface area contributed by atoms with Gasteiger partial charge in [0.05, 0.1) is 13.7 Å². The molecule has 0 radical (unpaired) electrons. The SMILES string of the molecule is C=C(C)C(=O)OC.CCOC(=O)NC1CC(C)(C)CC(C)(CN)C1. The largest absolute Gasteiger partial charge is 0.466 e. The Morgan fingerprint density at radius 3 is 2.25 bits per heavy atom. The summed E-state index contributed by atoms with van der Waals surface area (Å²) in [4.78, 5) is 21.6. The van der Waals surface area contributed by atoms with E-state index in [2.05, 4.69) is 37.4 Å². The minimum atomic E-state index is -0.347. The molecule has 2 unspecified atom stereocenters. The number of amides is 1. The summed E-state index contributed by atoms with van der Waals surface area (Å²) in [5, 5.41) is 2.95. The zero-order valence-corrected chi connectivity index (χ0v) is 16.0. The summed E-state index contributed by atoms with van der Waals surface area (Å²) in [5.41, 5.74) is 6.63. The minimum Gasteiger partial charge on any atom is -0.466 e. The first kappa shape index (κ1) is 22.4. The standard InChI is InChI=1S/C13H26N2O2.C5H8O2/c1-5-17-11(16)15-10-6-12(2,3)8-13(4,7-10)9-14;1-4(2)5(6)7-3/h10H,5-9,14H2,1-4H3,(H,15,16);1H2,2-3H3. The number of alkyl carbamates (subject to hydrolysis) is 1. The van der Waals surface area contributed by atoms with Gasteiger partial charge < -0.3 is 20.5 Å². The van der Waals surface area contributed by atoms with Crippen LogP contribution < -0.4 is 11.1 Å². The maximum atomic E-state index is 11.5. The van der Waals surface area contributed by atoms with Gasteiger partial charge >= 0.3 is 12.1 Å². The molecule has 0 aromatic heterocycles. The Bertz CT molecular complexity index is 448. The quantitative estimate of drug-likeness (QED) is 0.605. The molecule has 3 N–H and O–H groups in total. The summed E-state index contributed by atoms with van der Waals surface area (Å²) in [5.74, 6) is -0.347. The monoisotopic (exact) mass is 342 g/mol. The molecule has 0 aromatic carbocycles. The molecule has 140 valence electrons. The van der Waals surface area contributed by atoms with Crippen LogP contribution in [0, 0.1) is 10.8 Å². The molecule has 1 aliphatic carbocycles. The molecule has 6 nitrogen and oxygen atoms in total. The maximum absolute atomic E-state index is 11.5. The van der Waals surface area contributed by atoms with Crippen LogP contribution in [0.4, 0.5) is 4.79 Å². The zero-order chi connectivity index (χ0) is 19.0. The summed E-state index contributed by atoms with van der Waals surface area (Å²) >= 11 is 0. The molecule has 2 atom stereocenters. The number of methoxy groups -OCH3 is 1. The zero-order valence-electron chi connectivity index (χ0n) is 16.0. The molecule has 0 aromatic rings. The summed E-state index contributed by atoms with van der Waals surface area (Å²) in [6.45, 7) is 14.5. The number of rotatable bonds is 4. The lowest BCUT2D eigenvalue weighted by Crippen LogP contribution is -2.49. The minimum absolute atomic E-state index is 0.117. The van der Waals surface area contributed by atoms with Crippen molar-refractivity contribution in [3.05, 3.63) is 12.2 Å². The van der Waals surface area contributed by atoms with E-state index in [4.69, 9.17) is 10.5 Å². The predicted octanol–water partition coefficient (Wildman–Crippen LogP) is 3.01. The summed E-state index contributed by atoms with van der Waals surface area (Å²) in [6, 6.07) is 0.173. The molecule has 0 spiro atoms. The number of hydrogen-bond acceptors (Lipinski definition) is 5. The van der Waals surface area contributed by atoms with Crippen molar-refractivity contribution in [2.75, 3.05) is 20.3 Å². The fourth-order valence-corrected chi connectivity index (χ4v) is 3.40. The Kier molecular flexibility index (Phi) is 9.04. The number of nitrogens with two attached hydrogens (primary N) is 1. The molecule has 1 fully saturated rings. The average Bonchev–Trinajstić information content (AvgIpc) is 2.45. The van der Waals surface area contributed by atoms with Crippen LogP contribution in [0.15, 0.2) is 12.2 Å². The molecule has 0 aliphatic heterocycles. The third kappa shape index (κ3) is 8.34. The lowest BCUT2D eigenvalue weighted by atomic mass is 9.63. The van der Waals surface area contributed by atoms with Crippen molar-refractivity contribution >= 4 is 12.1 Å². The van der Waals surface area contributed by atoms with E-state index in [0.717, 1.165) is 19.3 Å². The second-order valence-corrected chi connectivity index (χ2v) is 7.60. The van der Waals surface area contributed by atoms with E-state index < -0.39 is 0 Å². The number of nitrogens with one attached hydrogen (secondary N) is 1. The first-order valence-corrected chi connectivity index (χ1v) is 8.36. The van der Waals surface area contributed by atoms with Crippen LogP contribution in [0.2, 0.25) is 0 Å². The number of ether oxygens (including phenoxy) is 2. The van der Waals surface area contributed by atoms with Crippen LogP contribution in [0.1, 0.15) is 53.9 Å². The third-order valence-electron chi connectivity index (χ3n) is 4.07. The average molecular weight is 342 g/mol. The van der Waals surface area contributed by atoms with Crippen LogP contribution in [-0.4, -0.2) is 38.4 Å². The highest BCUT2D eigenvalue weighted by Gasteiger charge is 2.40. The summed E-state index contributed by atoms with van der Waals surface area (Å²) in [6.07, 6.45) is 2.72. The van der Waals surface area contributed by atoms with Crippen molar-refractivity contribution in [1.29, 1.82) is 0 Å². The van der Waals surface area contributed by atoms with Crippen LogP contribution in [0.5, 0.6) is 0 Å². The summed E-state index contributed by atoms with van der Waals surface area (Å²) in [7, 11) is 1.33. The smallest absolute Gasteiger partial charge is 0.407 e.